The molecule has 0 aliphatic carbocycles. The van der Waals surface area contributed by atoms with Gasteiger partial charge in [-0.2, -0.15) is 0 Å². The van der Waals surface area contributed by atoms with Crippen molar-refractivity contribution in [3.8, 4) is 0 Å². The van der Waals surface area contributed by atoms with Gasteiger partial charge in [-0.25, -0.2) is 9.97 Å². The molecule has 142 valence electrons. The van der Waals surface area contributed by atoms with Gasteiger partial charge in [-0.15, -0.1) is 11.8 Å². The minimum Gasteiger partial charge on any atom is -0.378 e. The van der Waals surface area contributed by atoms with Crippen LogP contribution in [0, 0.1) is 0 Å². The van der Waals surface area contributed by atoms with E-state index >= 15 is 0 Å². The van der Waals surface area contributed by atoms with Gasteiger partial charge in [-0.05, 0) is 30.4 Å². The number of aryl methyl sites for hydroxylation is 1. The van der Waals surface area contributed by atoms with E-state index in [9.17, 15) is 4.79 Å². The molecule has 0 radical (unpaired) electrons. The molecule has 1 fully saturated rings. The maximum Gasteiger partial charge on any atom is 0.225 e. The SMILES string of the molecule is CSc1ccc(CCC(=O)N2Cc3cnc(N4CCOCC4)nc3C2)cc1. The highest BCUT2D eigenvalue weighted by atomic mass is 32.2. The predicted octanol–water partition coefficient (Wildman–Crippen LogP) is 2.51. The van der Waals surface area contributed by atoms with Gasteiger partial charge in [-0.3, -0.25) is 4.79 Å². The lowest BCUT2D eigenvalue weighted by Gasteiger charge is -2.26. The number of nitrogens with zero attached hydrogens (tertiary/aromatic N) is 4. The molecule has 6 nitrogen and oxygen atoms in total. The van der Waals surface area contributed by atoms with Gasteiger partial charge in [0.2, 0.25) is 11.9 Å². The van der Waals surface area contributed by atoms with E-state index in [1.165, 1.54) is 10.5 Å². The van der Waals surface area contributed by atoms with Crippen molar-refractivity contribution in [2.75, 3.05) is 37.5 Å². The van der Waals surface area contributed by atoms with Crippen molar-refractivity contribution in [2.24, 2.45) is 0 Å². The molecule has 2 aliphatic heterocycles. The van der Waals surface area contributed by atoms with Crippen molar-refractivity contribution in [3.05, 3.63) is 47.3 Å². The molecule has 2 aromatic rings. The largest absolute Gasteiger partial charge is 0.378 e. The van der Waals surface area contributed by atoms with Gasteiger partial charge in [0.15, 0.2) is 0 Å². The van der Waals surface area contributed by atoms with E-state index in [-0.39, 0.29) is 5.91 Å². The summed E-state index contributed by atoms with van der Waals surface area (Å²) in [4.78, 5) is 27.1. The fourth-order valence-electron chi connectivity index (χ4n) is 3.44. The number of anilines is 1. The molecule has 0 bridgehead atoms. The summed E-state index contributed by atoms with van der Waals surface area (Å²) in [7, 11) is 0. The van der Waals surface area contributed by atoms with E-state index in [1.54, 1.807) is 11.8 Å². The van der Waals surface area contributed by atoms with Gasteiger partial charge in [0, 0.05) is 42.7 Å². The number of hydrogen-bond acceptors (Lipinski definition) is 6. The summed E-state index contributed by atoms with van der Waals surface area (Å²) in [6, 6.07) is 8.44. The second-order valence-electron chi connectivity index (χ2n) is 6.84. The fourth-order valence-corrected chi connectivity index (χ4v) is 3.84. The first-order valence-corrected chi connectivity index (χ1v) is 10.5. The summed E-state index contributed by atoms with van der Waals surface area (Å²) in [6.07, 6.45) is 5.24. The summed E-state index contributed by atoms with van der Waals surface area (Å²) in [5.74, 6) is 0.926. The summed E-state index contributed by atoms with van der Waals surface area (Å²) in [6.45, 7) is 4.25. The van der Waals surface area contributed by atoms with Crippen LogP contribution in [0.3, 0.4) is 0 Å². The molecule has 1 amide bonds. The Kier molecular flexibility index (Phi) is 5.59. The molecule has 27 heavy (non-hydrogen) atoms. The van der Waals surface area contributed by atoms with Gasteiger partial charge < -0.3 is 14.5 Å². The number of aromatic nitrogens is 2. The van der Waals surface area contributed by atoms with Crippen LogP contribution < -0.4 is 4.90 Å². The first-order chi connectivity index (χ1) is 13.2. The number of morpholine rings is 1. The summed E-state index contributed by atoms with van der Waals surface area (Å²) >= 11 is 1.73. The smallest absolute Gasteiger partial charge is 0.225 e. The number of amides is 1. The molecule has 0 unspecified atom stereocenters. The Bertz CT molecular complexity index is 806. The Hall–Kier alpha value is -2.12. The zero-order valence-corrected chi connectivity index (χ0v) is 16.4. The van der Waals surface area contributed by atoms with Gasteiger partial charge in [0.1, 0.15) is 0 Å². The number of ether oxygens (including phenoxy) is 1. The van der Waals surface area contributed by atoms with Crippen molar-refractivity contribution >= 4 is 23.6 Å². The van der Waals surface area contributed by atoms with E-state index in [0.29, 0.717) is 32.7 Å². The second kappa shape index (κ2) is 8.27. The quantitative estimate of drug-likeness (QED) is 0.739. The maximum absolute atomic E-state index is 12.6. The van der Waals surface area contributed by atoms with Gasteiger partial charge in [0.25, 0.3) is 0 Å². The Balaban J connectivity index is 1.34. The van der Waals surface area contributed by atoms with Crippen molar-refractivity contribution < 1.29 is 9.53 Å². The number of hydrogen-bond donors (Lipinski definition) is 0. The zero-order valence-electron chi connectivity index (χ0n) is 15.6. The number of carbonyl (C=O) groups is 1. The average molecular weight is 385 g/mol. The lowest BCUT2D eigenvalue weighted by molar-refractivity contribution is -0.131. The third-order valence-electron chi connectivity index (χ3n) is 5.08. The lowest BCUT2D eigenvalue weighted by atomic mass is 10.1. The molecule has 4 rings (SSSR count). The molecule has 0 saturated carbocycles. The van der Waals surface area contributed by atoms with Crippen LogP contribution in [-0.4, -0.2) is 53.3 Å². The molecular formula is C20H24N4O2S. The highest BCUT2D eigenvalue weighted by molar-refractivity contribution is 7.98. The van der Waals surface area contributed by atoms with Crippen molar-refractivity contribution in [3.63, 3.8) is 0 Å². The molecule has 3 heterocycles. The Morgan fingerprint density at radius 3 is 2.70 bits per heavy atom. The molecule has 7 heteroatoms. The third-order valence-corrected chi connectivity index (χ3v) is 5.82. The topological polar surface area (TPSA) is 58.6 Å². The van der Waals surface area contributed by atoms with E-state index in [2.05, 4.69) is 40.4 Å². The van der Waals surface area contributed by atoms with Crippen molar-refractivity contribution in [2.45, 2.75) is 30.8 Å². The monoisotopic (exact) mass is 384 g/mol. The maximum atomic E-state index is 12.6. The third kappa shape index (κ3) is 4.25. The van der Waals surface area contributed by atoms with Crippen LogP contribution in [0.5, 0.6) is 0 Å². The standard InChI is InChI=1S/C20H24N4O2S/c1-27-17-5-2-15(3-6-17)4-7-19(25)24-13-16-12-21-20(22-18(16)14-24)23-8-10-26-11-9-23/h2-3,5-6,12H,4,7-11,13-14H2,1H3. The molecule has 2 aliphatic rings. The van der Waals surface area contributed by atoms with Crippen LogP contribution in [0.2, 0.25) is 0 Å². The number of rotatable bonds is 5. The van der Waals surface area contributed by atoms with Gasteiger partial charge >= 0.3 is 0 Å². The van der Waals surface area contributed by atoms with Crippen LogP contribution in [0.4, 0.5) is 5.95 Å². The predicted molar refractivity (Wildman–Crippen MR) is 106 cm³/mol. The Morgan fingerprint density at radius 2 is 1.96 bits per heavy atom. The van der Waals surface area contributed by atoms with Gasteiger partial charge in [-0.1, -0.05) is 12.1 Å². The summed E-state index contributed by atoms with van der Waals surface area (Å²) in [5, 5.41) is 0. The van der Waals surface area contributed by atoms with Crippen LogP contribution in [0.15, 0.2) is 35.4 Å². The molecule has 1 saturated heterocycles. The first kappa shape index (κ1) is 18.3. The van der Waals surface area contributed by atoms with E-state index in [1.807, 2.05) is 11.1 Å². The zero-order chi connectivity index (χ0) is 18.6. The summed E-state index contributed by atoms with van der Waals surface area (Å²) in [5.41, 5.74) is 3.24. The van der Waals surface area contributed by atoms with Crippen LogP contribution in [-0.2, 0) is 29.0 Å². The summed E-state index contributed by atoms with van der Waals surface area (Å²) < 4.78 is 5.39. The fraction of sp³-hybridized carbons (Fsp3) is 0.450. The number of fused-ring (bicyclic) bond motifs is 1. The Morgan fingerprint density at radius 1 is 1.19 bits per heavy atom. The van der Waals surface area contributed by atoms with E-state index < -0.39 is 0 Å². The molecule has 0 spiro atoms. The molecular weight excluding hydrogens is 360 g/mol. The number of carbonyl (C=O) groups excluding carboxylic acids is 1. The van der Waals surface area contributed by atoms with E-state index in [4.69, 9.17) is 9.72 Å². The highest BCUT2D eigenvalue weighted by Gasteiger charge is 2.26. The van der Waals surface area contributed by atoms with Crippen LogP contribution >= 0.6 is 11.8 Å². The van der Waals surface area contributed by atoms with E-state index in [0.717, 1.165) is 36.7 Å². The van der Waals surface area contributed by atoms with Crippen molar-refractivity contribution in [1.29, 1.82) is 0 Å². The highest BCUT2D eigenvalue weighted by Crippen LogP contribution is 2.24. The minimum atomic E-state index is 0.176. The minimum absolute atomic E-state index is 0.176. The molecule has 1 aromatic carbocycles. The van der Waals surface area contributed by atoms with Crippen LogP contribution in [0.1, 0.15) is 23.2 Å². The van der Waals surface area contributed by atoms with Crippen LogP contribution in [0.25, 0.3) is 0 Å². The lowest BCUT2D eigenvalue weighted by Crippen LogP contribution is -2.37. The number of thioether (sulfide) groups is 1. The molecule has 0 atom stereocenters. The number of benzene rings is 1. The normalized spacial score (nSPS) is 16.5. The Labute approximate surface area is 163 Å². The second-order valence-corrected chi connectivity index (χ2v) is 7.72. The van der Waals surface area contributed by atoms with Gasteiger partial charge in [0.05, 0.1) is 25.5 Å². The first-order valence-electron chi connectivity index (χ1n) is 9.31. The van der Waals surface area contributed by atoms with Crippen molar-refractivity contribution in [1.82, 2.24) is 14.9 Å². The molecule has 0 N–H and O–H groups in total. The molecule has 1 aromatic heterocycles. The average Bonchev–Trinajstić information content (AvgIpc) is 3.16.